The highest BCUT2D eigenvalue weighted by molar-refractivity contribution is 5.99. The number of hydrogen-bond acceptors (Lipinski definition) is 4. The van der Waals surface area contributed by atoms with Gasteiger partial charge in [-0.3, -0.25) is 14.4 Å². The second-order valence-corrected chi connectivity index (χ2v) is 7.43. The molecule has 1 aromatic rings. The number of carbonyl (C=O) groups is 3. The summed E-state index contributed by atoms with van der Waals surface area (Å²) in [5, 5.41) is 6.24. The van der Waals surface area contributed by atoms with E-state index in [2.05, 4.69) is 10.6 Å². The third kappa shape index (κ3) is 5.11. The van der Waals surface area contributed by atoms with E-state index in [1.807, 2.05) is 4.90 Å². The zero-order chi connectivity index (χ0) is 18.7. The van der Waals surface area contributed by atoms with Gasteiger partial charge in [0, 0.05) is 38.4 Å². The molecule has 2 N–H and O–H groups in total. The molecule has 2 unspecified atom stereocenters. The number of nitrogens with one attached hydrogen (secondary N) is 2. The molecule has 8 heteroatoms. The Morgan fingerprint density at radius 3 is 2.67 bits per heavy atom. The minimum absolute atomic E-state index is 0. The van der Waals surface area contributed by atoms with Gasteiger partial charge < -0.3 is 20.1 Å². The van der Waals surface area contributed by atoms with E-state index in [0.29, 0.717) is 30.9 Å². The lowest BCUT2D eigenvalue weighted by Crippen LogP contribution is -2.47. The molecule has 0 bridgehead atoms. The first-order valence-electron chi connectivity index (χ1n) is 9.43. The maximum atomic E-state index is 12.8. The number of amides is 2. The molecule has 2 aliphatic heterocycles. The Kier molecular flexibility index (Phi) is 7.44. The molecule has 2 saturated heterocycles. The van der Waals surface area contributed by atoms with Gasteiger partial charge in [0.1, 0.15) is 5.69 Å². The molecular formula is C19H29ClN4O3. The molecule has 0 aliphatic carbocycles. The van der Waals surface area contributed by atoms with Gasteiger partial charge in [0.15, 0.2) is 5.78 Å². The van der Waals surface area contributed by atoms with E-state index in [4.69, 9.17) is 0 Å². The zero-order valence-corrected chi connectivity index (χ0v) is 16.8. The Hall–Kier alpha value is -1.86. The molecule has 3 heterocycles. The molecule has 7 nitrogen and oxygen atoms in total. The fourth-order valence-corrected chi connectivity index (χ4v) is 3.82. The number of nitrogens with zero attached hydrogens (tertiary/aromatic N) is 2. The average molecular weight is 397 g/mol. The number of likely N-dealkylation sites (tertiary alicyclic amines) is 1. The monoisotopic (exact) mass is 396 g/mol. The van der Waals surface area contributed by atoms with Crippen molar-refractivity contribution >= 4 is 30.0 Å². The molecule has 0 spiro atoms. The molecule has 0 saturated carbocycles. The molecule has 2 amide bonds. The van der Waals surface area contributed by atoms with Gasteiger partial charge in [0.25, 0.3) is 5.91 Å². The van der Waals surface area contributed by atoms with Crippen LogP contribution in [0.4, 0.5) is 0 Å². The average Bonchev–Trinajstić information content (AvgIpc) is 3.29. The molecule has 2 fully saturated rings. The Balaban J connectivity index is 0.00000261. The summed E-state index contributed by atoms with van der Waals surface area (Å²) < 4.78 is 1.72. The number of aromatic nitrogens is 1. The molecular weight excluding hydrogens is 368 g/mol. The Labute approximate surface area is 166 Å². The third-order valence-electron chi connectivity index (χ3n) is 5.38. The van der Waals surface area contributed by atoms with Crippen LogP contribution in [0.1, 0.15) is 53.5 Å². The van der Waals surface area contributed by atoms with E-state index in [1.54, 1.807) is 23.9 Å². The van der Waals surface area contributed by atoms with E-state index in [-0.39, 0.29) is 42.0 Å². The van der Waals surface area contributed by atoms with Gasteiger partial charge >= 0.3 is 0 Å². The van der Waals surface area contributed by atoms with Gasteiger partial charge in [-0.25, -0.2) is 0 Å². The topological polar surface area (TPSA) is 83.4 Å². The van der Waals surface area contributed by atoms with Crippen molar-refractivity contribution < 1.29 is 14.4 Å². The van der Waals surface area contributed by atoms with Crippen molar-refractivity contribution in [2.45, 2.75) is 38.6 Å². The molecule has 3 rings (SSSR count). The lowest BCUT2D eigenvalue weighted by atomic mass is 9.97. The zero-order valence-electron chi connectivity index (χ0n) is 16.0. The molecule has 0 radical (unpaired) electrons. The molecule has 0 aromatic carbocycles. The minimum Gasteiger partial charge on any atom is -0.354 e. The molecule has 2 aliphatic rings. The largest absolute Gasteiger partial charge is 0.354 e. The van der Waals surface area contributed by atoms with E-state index >= 15 is 0 Å². The second-order valence-electron chi connectivity index (χ2n) is 7.43. The van der Waals surface area contributed by atoms with E-state index in [0.717, 1.165) is 32.2 Å². The van der Waals surface area contributed by atoms with Gasteiger partial charge in [0.2, 0.25) is 5.91 Å². The van der Waals surface area contributed by atoms with Gasteiger partial charge in [-0.15, -0.1) is 12.4 Å². The van der Waals surface area contributed by atoms with Crippen LogP contribution in [-0.2, 0) is 11.8 Å². The standard InChI is InChI=1S/C19H28N4O3.ClH/c1-13(24)15-9-17(22(2)12-15)19(26)23-8-4-5-14(11-23)10-21-18(25)16-6-3-7-20-16;/h9,12,14,16,20H,3-8,10-11H2,1-2H3,(H,21,25);1H. The predicted octanol–water partition coefficient (Wildman–Crippen LogP) is 1.37. The minimum atomic E-state index is -0.0651. The highest BCUT2D eigenvalue weighted by Crippen LogP contribution is 2.19. The Bertz CT molecular complexity index is 697. The highest BCUT2D eigenvalue weighted by Gasteiger charge is 2.28. The molecule has 1 aromatic heterocycles. The summed E-state index contributed by atoms with van der Waals surface area (Å²) in [6.07, 6.45) is 5.58. The second kappa shape index (κ2) is 9.37. The van der Waals surface area contributed by atoms with Crippen molar-refractivity contribution in [1.29, 1.82) is 0 Å². The number of aryl methyl sites for hydroxylation is 1. The van der Waals surface area contributed by atoms with Crippen molar-refractivity contribution in [3.63, 3.8) is 0 Å². The smallest absolute Gasteiger partial charge is 0.270 e. The molecule has 2 atom stereocenters. The first kappa shape index (κ1) is 21.4. The summed E-state index contributed by atoms with van der Waals surface area (Å²) in [5.74, 6) is 0.248. The SMILES string of the molecule is CC(=O)c1cc(C(=O)N2CCCC(CNC(=O)C3CCCN3)C2)n(C)c1.Cl. The van der Waals surface area contributed by atoms with Crippen molar-refractivity contribution in [2.24, 2.45) is 13.0 Å². The first-order valence-corrected chi connectivity index (χ1v) is 9.43. The number of hydrogen-bond donors (Lipinski definition) is 2. The summed E-state index contributed by atoms with van der Waals surface area (Å²) in [7, 11) is 1.79. The van der Waals surface area contributed by atoms with Crippen LogP contribution in [0.25, 0.3) is 0 Å². The van der Waals surface area contributed by atoms with Crippen LogP contribution in [0.15, 0.2) is 12.3 Å². The number of rotatable bonds is 5. The molecule has 150 valence electrons. The number of ketones is 1. The summed E-state index contributed by atoms with van der Waals surface area (Å²) >= 11 is 0. The fourth-order valence-electron chi connectivity index (χ4n) is 3.82. The highest BCUT2D eigenvalue weighted by atomic mass is 35.5. The summed E-state index contributed by atoms with van der Waals surface area (Å²) in [4.78, 5) is 38.4. The van der Waals surface area contributed by atoms with Crippen LogP contribution in [0.2, 0.25) is 0 Å². The van der Waals surface area contributed by atoms with E-state index in [9.17, 15) is 14.4 Å². The maximum Gasteiger partial charge on any atom is 0.270 e. The van der Waals surface area contributed by atoms with Crippen molar-refractivity contribution in [1.82, 2.24) is 20.1 Å². The number of piperidine rings is 1. The van der Waals surface area contributed by atoms with Gasteiger partial charge in [0.05, 0.1) is 6.04 Å². The van der Waals surface area contributed by atoms with Crippen LogP contribution >= 0.6 is 12.4 Å². The number of Topliss-reactive ketones (excluding diaryl/α,β-unsaturated/α-hetero) is 1. The number of carbonyl (C=O) groups excluding carboxylic acids is 3. The van der Waals surface area contributed by atoms with Crippen LogP contribution in [0.5, 0.6) is 0 Å². The first-order chi connectivity index (χ1) is 12.5. The van der Waals surface area contributed by atoms with Gasteiger partial charge in [-0.05, 0) is 51.1 Å². The third-order valence-corrected chi connectivity index (χ3v) is 5.38. The summed E-state index contributed by atoms with van der Waals surface area (Å²) in [6, 6.07) is 1.60. The van der Waals surface area contributed by atoms with E-state index in [1.165, 1.54) is 6.92 Å². The normalized spacial score (nSPS) is 22.2. The lowest BCUT2D eigenvalue weighted by Gasteiger charge is -2.33. The van der Waals surface area contributed by atoms with Gasteiger partial charge in [-0.2, -0.15) is 0 Å². The predicted molar refractivity (Wildman–Crippen MR) is 105 cm³/mol. The van der Waals surface area contributed by atoms with Crippen molar-refractivity contribution in [2.75, 3.05) is 26.2 Å². The van der Waals surface area contributed by atoms with Crippen LogP contribution in [-0.4, -0.2) is 59.3 Å². The van der Waals surface area contributed by atoms with Crippen molar-refractivity contribution in [3.05, 3.63) is 23.5 Å². The maximum absolute atomic E-state index is 12.8. The summed E-state index contributed by atoms with van der Waals surface area (Å²) in [6.45, 7) is 4.36. The lowest BCUT2D eigenvalue weighted by molar-refractivity contribution is -0.123. The summed E-state index contributed by atoms with van der Waals surface area (Å²) in [5.41, 5.74) is 1.09. The van der Waals surface area contributed by atoms with E-state index < -0.39 is 0 Å². The quantitative estimate of drug-likeness (QED) is 0.736. The van der Waals surface area contributed by atoms with Crippen LogP contribution in [0, 0.1) is 5.92 Å². The molecule has 27 heavy (non-hydrogen) atoms. The fraction of sp³-hybridized carbons (Fsp3) is 0.632. The Morgan fingerprint density at radius 1 is 1.26 bits per heavy atom. The van der Waals surface area contributed by atoms with Crippen LogP contribution in [0.3, 0.4) is 0 Å². The number of halogens is 1. The van der Waals surface area contributed by atoms with Crippen molar-refractivity contribution in [3.8, 4) is 0 Å². The van der Waals surface area contributed by atoms with Gasteiger partial charge in [-0.1, -0.05) is 0 Å². The van der Waals surface area contributed by atoms with Crippen LogP contribution < -0.4 is 10.6 Å². The Morgan fingerprint density at radius 2 is 2.04 bits per heavy atom.